The molecule has 3 rings (SSSR count). The summed E-state index contributed by atoms with van der Waals surface area (Å²) in [4.78, 5) is 0. The number of benzene rings is 3. The van der Waals surface area contributed by atoms with Crippen molar-refractivity contribution < 1.29 is 0 Å². The Hall–Kier alpha value is -1.61. The lowest BCUT2D eigenvalue weighted by Gasteiger charge is -2.32. The summed E-state index contributed by atoms with van der Waals surface area (Å²) >= 11 is 0. The highest BCUT2D eigenvalue weighted by Crippen LogP contribution is 2.36. The first-order chi connectivity index (χ1) is 11.5. The zero-order chi connectivity index (χ0) is 17.2. The fraction of sp³-hybridized carbons (Fsp3) is 0.250. The summed E-state index contributed by atoms with van der Waals surface area (Å²) in [5, 5.41) is 0. The summed E-state index contributed by atoms with van der Waals surface area (Å²) in [6, 6.07) is 26.9. The third-order valence-corrected chi connectivity index (χ3v) is 5.06. The Kier molecular flexibility index (Phi) is 6.45. The highest BCUT2D eigenvalue weighted by atomic mass is 127. The number of hydrogen-bond donors (Lipinski definition) is 0. The Bertz CT molecular complexity index is 751. The van der Waals surface area contributed by atoms with Crippen LogP contribution in [-0.4, -0.2) is 0 Å². The zero-order valence-corrected chi connectivity index (χ0v) is 17.9. The van der Waals surface area contributed by atoms with Gasteiger partial charge < -0.3 is 0 Å². The molecule has 130 valence electrons. The van der Waals surface area contributed by atoms with Crippen LogP contribution in [0.4, 0.5) is 0 Å². The van der Waals surface area contributed by atoms with Crippen LogP contribution < -0.4 is 0 Å². The predicted octanol–water partition coefficient (Wildman–Crippen LogP) is 6.78. The lowest BCUT2D eigenvalue weighted by molar-refractivity contribution is 0.567. The second kappa shape index (κ2) is 8.18. The van der Waals surface area contributed by atoms with E-state index >= 15 is 0 Å². The van der Waals surface area contributed by atoms with E-state index in [0.29, 0.717) is 0 Å². The van der Waals surface area contributed by atoms with Gasteiger partial charge in [-0.3, -0.25) is 0 Å². The van der Waals surface area contributed by atoms with Gasteiger partial charge in [0.15, 0.2) is 0 Å². The van der Waals surface area contributed by atoms with Crippen molar-refractivity contribution in [2.75, 3.05) is 0 Å². The summed E-state index contributed by atoms with van der Waals surface area (Å²) in [5.74, 6) is 0. The smallest absolute Gasteiger partial charge is 0.0215 e. The van der Waals surface area contributed by atoms with Gasteiger partial charge in [-0.1, -0.05) is 96.4 Å². The van der Waals surface area contributed by atoms with Crippen molar-refractivity contribution >= 4 is 24.0 Å². The molecule has 25 heavy (non-hydrogen) atoms. The molecule has 0 nitrogen and oxygen atoms in total. The predicted molar refractivity (Wildman–Crippen MR) is 119 cm³/mol. The topological polar surface area (TPSA) is 0 Å². The quantitative estimate of drug-likeness (QED) is 0.391. The van der Waals surface area contributed by atoms with Gasteiger partial charge in [0.1, 0.15) is 0 Å². The molecule has 0 amide bonds. The highest BCUT2D eigenvalue weighted by Gasteiger charge is 2.29. The van der Waals surface area contributed by atoms with Gasteiger partial charge in [-0.15, -0.1) is 24.0 Å². The van der Waals surface area contributed by atoms with Crippen molar-refractivity contribution in [1.82, 2.24) is 0 Å². The van der Waals surface area contributed by atoms with Crippen molar-refractivity contribution in [3.8, 4) is 0 Å². The number of hydrogen-bond acceptors (Lipinski definition) is 0. The van der Waals surface area contributed by atoms with Crippen molar-refractivity contribution in [2.24, 2.45) is 0 Å². The fourth-order valence-electron chi connectivity index (χ4n) is 3.33. The summed E-state index contributed by atoms with van der Waals surface area (Å²) in [7, 11) is 0. The third kappa shape index (κ3) is 4.52. The van der Waals surface area contributed by atoms with Crippen LogP contribution in [0.1, 0.15) is 40.3 Å². The fourth-order valence-corrected chi connectivity index (χ4v) is 3.33. The molecule has 0 spiro atoms. The third-order valence-electron chi connectivity index (χ3n) is 5.06. The molecular formula is C24H27I. The minimum absolute atomic E-state index is 0. The van der Waals surface area contributed by atoms with E-state index in [2.05, 4.69) is 100 Å². The van der Waals surface area contributed by atoms with Gasteiger partial charge >= 0.3 is 0 Å². The first-order valence-electron chi connectivity index (χ1n) is 8.67. The Morgan fingerprint density at radius 1 is 0.560 bits per heavy atom. The maximum Gasteiger partial charge on any atom is 0.0215 e. The van der Waals surface area contributed by atoms with Crippen LogP contribution in [0.25, 0.3) is 0 Å². The first kappa shape index (κ1) is 19.7. The molecule has 3 aromatic rings. The van der Waals surface area contributed by atoms with Crippen LogP contribution in [-0.2, 0) is 11.8 Å². The monoisotopic (exact) mass is 442 g/mol. The number of halogens is 1. The normalized spacial score (nSPS) is 11.0. The molecule has 3 aromatic carbocycles. The van der Waals surface area contributed by atoms with Crippen molar-refractivity contribution in [1.29, 1.82) is 0 Å². The lowest BCUT2D eigenvalue weighted by Crippen LogP contribution is -2.26. The van der Waals surface area contributed by atoms with Gasteiger partial charge in [-0.05, 0) is 43.9 Å². The summed E-state index contributed by atoms with van der Waals surface area (Å²) in [6.45, 7) is 8.80. The number of aryl methyl sites for hydroxylation is 3. The zero-order valence-electron chi connectivity index (χ0n) is 15.5. The Labute approximate surface area is 169 Å². The molecule has 0 aliphatic rings. The second-order valence-corrected chi connectivity index (χ2v) is 7.23. The van der Waals surface area contributed by atoms with Crippen LogP contribution in [0.3, 0.4) is 0 Å². The van der Waals surface area contributed by atoms with Crippen LogP contribution in [0.2, 0.25) is 0 Å². The van der Waals surface area contributed by atoms with E-state index in [4.69, 9.17) is 0 Å². The van der Waals surface area contributed by atoms with Crippen LogP contribution in [0.15, 0.2) is 72.8 Å². The van der Waals surface area contributed by atoms with Gasteiger partial charge in [0.25, 0.3) is 0 Å². The average Bonchev–Trinajstić information content (AvgIpc) is 2.58. The maximum atomic E-state index is 2.36. The summed E-state index contributed by atoms with van der Waals surface area (Å²) < 4.78 is 0. The molecule has 0 heterocycles. The molecule has 0 saturated carbocycles. The summed E-state index contributed by atoms with van der Waals surface area (Å²) in [5.41, 5.74) is 8.02. The Morgan fingerprint density at radius 2 is 0.880 bits per heavy atom. The SMILES string of the molecule is Cc1ccc(CC(C)(c2ccc(C)cc2)c2ccc(C)cc2)cc1.I. The van der Waals surface area contributed by atoms with Gasteiger partial charge in [0.2, 0.25) is 0 Å². The van der Waals surface area contributed by atoms with E-state index in [0.717, 1.165) is 6.42 Å². The van der Waals surface area contributed by atoms with Crippen LogP contribution >= 0.6 is 24.0 Å². The second-order valence-electron chi connectivity index (χ2n) is 7.23. The molecular weight excluding hydrogens is 415 g/mol. The van der Waals surface area contributed by atoms with E-state index < -0.39 is 0 Å². The first-order valence-corrected chi connectivity index (χ1v) is 8.67. The van der Waals surface area contributed by atoms with Crippen LogP contribution in [0, 0.1) is 20.8 Å². The molecule has 0 atom stereocenters. The van der Waals surface area contributed by atoms with Gasteiger partial charge in [0.05, 0.1) is 0 Å². The maximum absolute atomic E-state index is 2.36. The van der Waals surface area contributed by atoms with E-state index in [1.54, 1.807) is 0 Å². The molecule has 0 unspecified atom stereocenters. The molecule has 0 fully saturated rings. The number of rotatable bonds is 4. The molecule has 0 saturated heterocycles. The molecule has 0 aromatic heterocycles. The molecule has 1 heteroatoms. The largest absolute Gasteiger partial charge is 0.107 e. The van der Waals surface area contributed by atoms with Crippen molar-refractivity contribution in [3.05, 3.63) is 106 Å². The van der Waals surface area contributed by atoms with E-state index in [-0.39, 0.29) is 29.4 Å². The van der Waals surface area contributed by atoms with Crippen LogP contribution in [0.5, 0.6) is 0 Å². The minimum atomic E-state index is -0.0311. The average molecular weight is 442 g/mol. The standard InChI is InChI=1S/C24H26.HI/c1-18-5-11-21(12-6-18)17-24(4,22-13-7-19(2)8-14-22)23-15-9-20(3)10-16-23;/h5-16H,17H2,1-4H3;1H. The van der Waals surface area contributed by atoms with Crippen molar-refractivity contribution in [2.45, 2.75) is 39.5 Å². The Balaban J connectivity index is 0.00000225. The van der Waals surface area contributed by atoms with E-state index in [1.165, 1.54) is 33.4 Å². The van der Waals surface area contributed by atoms with E-state index in [1.807, 2.05) is 0 Å². The van der Waals surface area contributed by atoms with E-state index in [9.17, 15) is 0 Å². The molecule has 0 aliphatic heterocycles. The molecule has 0 aliphatic carbocycles. The molecule has 0 radical (unpaired) electrons. The van der Waals surface area contributed by atoms with Gasteiger partial charge in [0, 0.05) is 5.41 Å². The Morgan fingerprint density at radius 3 is 1.24 bits per heavy atom. The lowest BCUT2D eigenvalue weighted by atomic mass is 9.72. The van der Waals surface area contributed by atoms with Crippen molar-refractivity contribution in [3.63, 3.8) is 0 Å². The van der Waals surface area contributed by atoms with Gasteiger partial charge in [-0.2, -0.15) is 0 Å². The summed E-state index contributed by atoms with van der Waals surface area (Å²) in [6.07, 6.45) is 0.999. The molecule has 0 bridgehead atoms. The highest BCUT2D eigenvalue weighted by molar-refractivity contribution is 14.0. The minimum Gasteiger partial charge on any atom is -0.107 e. The molecule has 0 N–H and O–H groups in total. The van der Waals surface area contributed by atoms with Gasteiger partial charge in [-0.25, -0.2) is 0 Å².